The Morgan fingerprint density at radius 1 is 1.15 bits per heavy atom. The Hall–Kier alpha value is -3.41. The van der Waals surface area contributed by atoms with Gasteiger partial charge in [-0.3, -0.25) is 9.20 Å². The highest BCUT2D eigenvalue weighted by atomic mass is 16.3. The fourth-order valence-electron chi connectivity index (χ4n) is 3.72. The fourth-order valence-corrected chi connectivity index (χ4v) is 3.72. The van der Waals surface area contributed by atoms with Crippen molar-refractivity contribution in [2.45, 2.75) is 18.9 Å². The molecule has 6 heteroatoms. The van der Waals surface area contributed by atoms with Crippen LogP contribution in [-0.2, 0) is 4.79 Å². The van der Waals surface area contributed by atoms with Crippen LogP contribution in [0.25, 0.3) is 22.7 Å². The molecule has 0 N–H and O–H groups in total. The lowest BCUT2D eigenvalue weighted by Gasteiger charge is -2.21. The first kappa shape index (κ1) is 15.8. The zero-order valence-corrected chi connectivity index (χ0v) is 14.7. The molecule has 4 aromatic rings. The number of hydrogen-bond donors (Lipinski definition) is 0. The SMILES string of the molecule is O=C(/C=C\c1cc2ccccc2o1)N1CCC[C@@H]1c1nnc2ccccn12. The largest absolute Gasteiger partial charge is 0.457 e. The number of carbonyl (C=O) groups excluding carboxylic acids is 1. The van der Waals surface area contributed by atoms with Gasteiger partial charge in [0.1, 0.15) is 11.3 Å². The van der Waals surface area contributed by atoms with E-state index in [1.807, 2.05) is 64.0 Å². The lowest BCUT2D eigenvalue weighted by atomic mass is 10.2. The van der Waals surface area contributed by atoms with Crippen LogP contribution in [0.4, 0.5) is 0 Å². The summed E-state index contributed by atoms with van der Waals surface area (Å²) < 4.78 is 7.71. The third-order valence-corrected chi connectivity index (χ3v) is 5.01. The summed E-state index contributed by atoms with van der Waals surface area (Å²) in [6.07, 6.45) is 7.10. The van der Waals surface area contributed by atoms with E-state index in [0.717, 1.165) is 41.8 Å². The summed E-state index contributed by atoms with van der Waals surface area (Å²) >= 11 is 0. The Labute approximate surface area is 155 Å². The summed E-state index contributed by atoms with van der Waals surface area (Å²) in [5.74, 6) is 1.45. The Balaban J connectivity index is 1.40. The van der Waals surface area contributed by atoms with Crippen LogP contribution in [0, 0.1) is 0 Å². The van der Waals surface area contributed by atoms with Crippen molar-refractivity contribution in [1.82, 2.24) is 19.5 Å². The topological polar surface area (TPSA) is 63.6 Å². The average Bonchev–Trinajstić information content (AvgIpc) is 3.42. The number of hydrogen-bond acceptors (Lipinski definition) is 4. The molecule has 4 heterocycles. The van der Waals surface area contributed by atoms with Crippen molar-refractivity contribution in [1.29, 1.82) is 0 Å². The van der Waals surface area contributed by atoms with Crippen molar-refractivity contribution in [2.75, 3.05) is 6.54 Å². The van der Waals surface area contributed by atoms with Crippen LogP contribution < -0.4 is 0 Å². The molecule has 5 rings (SSSR count). The quantitative estimate of drug-likeness (QED) is 0.522. The molecule has 1 fully saturated rings. The number of furan rings is 1. The minimum Gasteiger partial charge on any atom is -0.457 e. The molecule has 6 nitrogen and oxygen atoms in total. The van der Waals surface area contributed by atoms with E-state index in [4.69, 9.17) is 4.42 Å². The van der Waals surface area contributed by atoms with Gasteiger partial charge in [0.15, 0.2) is 11.5 Å². The van der Waals surface area contributed by atoms with Crippen LogP contribution in [-0.4, -0.2) is 31.9 Å². The van der Waals surface area contributed by atoms with E-state index in [-0.39, 0.29) is 11.9 Å². The summed E-state index contributed by atoms with van der Waals surface area (Å²) in [5, 5.41) is 9.58. The molecular formula is C21H18N4O2. The first-order valence-corrected chi connectivity index (χ1v) is 9.06. The summed E-state index contributed by atoms with van der Waals surface area (Å²) in [4.78, 5) is 14.7. The lowest BCUT2D eigenvalue weighted by Crippen LogP contribution is -2.30. The molecule has 1 aliphatic rings. The fraction of sp³-hybridized carbons (Fsp3) is 0.190. The predicted molar refractivity (Wildman–Crippen MR) is 102 cm³/mol. The first-order chi connectivity index (χ1) is 13.3. The summed E-state index contributed by atoms with van der Waals surface area (Å²) in [5.41, 5.74) is 1.61. The van der Waals surface area contributed by atoms with E-state index in [2.05, 4.69) is 10.2 Å². The number of benzene rings is 1. The van der Waals surface area contributed by atoms with Gasteiger partial charge < -0.3 is 9.32 Å². The Kier molecular flexibility index (Phi) is 3.74. The van der Waals surface area contributed by atoms with E-state index in [9.17, 15) is 4.79 Å². The van der Waals surface area contributed by atoms with Crippen LogP contribution in [0.1, 0.15) is 30.5 Å². The minimum absolute atomic E-state index is 0.0364. The van der Waals surface area contributed by atoms with Crippen molar-refractivity contribution in [3.63, 3.8) is 0 Å². The zero-order chi connectivity index (χ0) is 18.2. The van der Waals surface area contributed by atoms with Crippen molar-refractivity contribution >= 4 is 28.6 Å². The Bertz CT molecular complexity index is 1120. The van der Waals surface area contributed by atoms with Gasteiger partial charge in [0.05, 0.1) is 6.04 Å². The molecule has 0 saturated carbocycles. The summed E-state index contributed by atoms with van der Waals surface area (Å²) in [7, 11) is 0. The monoisotopic (exact) mass is 358 g/mol. The van der Waals surface area contributed by atoms with Gasteiger partial charge in [-0.15, -0.1) is 10.2 Å². The molecule has 0 unspecified atom stereocenters. The number of para-hydroxylation sites is 1. The van der Waals surface area contributed by atoms with Gasteiger partial charge in [0, 0.05) is 24.2 Å². The predicted octanol–water partition coefficient (Wildman–Crippen LogP) is 3.85. The Morgan fingerprint density at radius 2 is 2.04 bits per heavy atom. The maximum absolute atomic E-state index is 12.8. The maximum Gasteiger partial charge on any atom is 0.247 e. The molecule has 1 aromatic carbocycles. The minimum atomic E-state index is -0.0600. The highest BCUT2D eigenvalue weighted by Gasteiger charge is 2.32. The van der Waals surface area contributed by atoms with Gasteiger partial charge in [-0.05, 0) is 43.2 Å². The van der Waals surface area contributed by atoms with Gasteiger partial charge in [-0.2, -0.15) is 0 Å². The Morgan fingerprint density at radius 3 is 2.96 bits per heavy atom. The molecule has 0 radical (unpaired) electrons. The van der Waals surface area contributed by atoms with Crippen molar-refractivity contribution in [2.24, 2.45) is 0 Å². The summed E-state index contributed by atoms with van der Waals surface area (Å²) in [6.45, 7) is 0.718. The van der Waals surface area contributed by atoms with Gasteiger partial charge in [0.2, 0.25) is 5.91 Å². The molecule has 1 atom stereocenters. The van der Waals surface area contributed by atoms with Gasteiger partial charge >= 0.3 is 0 Å². The number of aromatic nitrogens is 3. The normalized spacial score (nSPS) is 17.5. The van der Waals surface area contributed by atoms with Crippen LogP contribution in [0.15, 0.2) is 65.2 Å². The molecular weight excluding hydrogens is 340 g/mol. The standard InChI is InChI=1S/C21H18N4O2/c26-20(11-10-16-14-15-6-1-2-8-18(15)27-16)24-13-5-7-17(24)21-23-22-19-9-3-4-12-25(19)21/h1-4,6,8-12,14,17H,5,7,13H2/b11-10-/t17-/m1/s1. The number of nitrogens with zero attached hydrogens (tertiary/aromatic N) is 4. The van der Waals surface area contributed by atoms with E-state index in [1.165, 1.54) is 0 Å². The van der Waals surface area contributed by atoms with Crippen LogP contribution >= 0.6 is 0 Å². The number of pyridine rings is 1. The van der Waals surface area contributed by atoms with E-state index in [1.54, 1.807) is 12.2 Å². The van der Waals surface area contributed by atoms with Gasteiger partial charge in [-0.25, -0.2) is 0 Å². The number of rotatable bonds is 3. The zero-order valence-electron chi connectivity index (χ0n) is 14.7. The van der Waals surface area contributed by atoms with Gasteiger partial charge in [0.25, 0.3) is 0 Å². The third kappa shape index (κ3) is 2.79. The van der Waals surface area contributed by atoms with Gasteiger partial charge in [-0.1, -0.05) is 24.3 Å². The van der Waals surface area contributed by atoms with E-state index in [0.29, 0.717) is 5.76 Å². The molecule has 1 saturated heterocycles. The lowest BCUT2D eigenvalue weighted by molar-refractivity contribution is -0.127. The van der Waals surface area contributed by atoms with Crippen LogP contribution in [0.3, 0.4) is 0 Å². The smallest absolute Gasteiger partial charge is 0.247 e. The van der Waals surface area contributed by atoms with Crippen LogP contribution in [0.2, 0.25) is 0 Å². The first-order valence-electron chi connectivity index (χ1n) is 9.06. The summed E-state index contributed by atoms with van der Waals surface area (Å²) in [6, 6.07) is 15.5. The highest BCUT2D eigenvalue weighted by Crippen LogP contribution is 2.31. The number of carbonyl (C=O) groups is 1. The van der Waals surface area contributed by atoms with Crippen molar-refractivity contribution in [3.8, 4) is 0 Å². The van der Waals surface area contributed by atoms with E-state index >= 15 is 0 Å². The van der Waals surface area contributed by atoms with E-state index < -0.39 is 0 Å². The molecule has 1 aliphatic heterocycles. The number of fused-ring (bicyclic) bond motifs is 2. The molecule has 0 bridgehead atoms. The second kappa shape index (κ2) is 6.39. The van der Waals surface area contributed by atoms with Crippen molar-refractivity contribution in [3.05, 3.63) is 72.4 Å². The molecule has 1 amide bonds. The number of likely N-dealkylation sites (tertiary alicyclic amines) is 1. The average molecular weight is 358 g/mol. The second-order valence-electron chi connectivity index (χ2n) is 6.70. The number of amides is 1. The van der Waals surface area contributed by atoms with Crippen molar-refractivity contribution < 1.29 is 9.21 Å². The second-order valence-corrected chi connectivity index (χ2v) is 6.70. The van der Waals surface area contributed by atoms with Crippen LogP contribution in [0.5, 0.6) is 0 Å². The molecule has 134 valence electrons. The highest BCUT2D eigenvalue weighted by molar-refractivity contribution is 5.92. The molecule has 27 heavy (non-hydrogen) atoms. The third-order valence-electron chi connectivity index (χ3n) is 5.01. The molecule has 0 spiro atoms. The molecule has 3 aromatic heterocycles. The maximum atomic E-state index is 12.8. The molecule has 0 aliphatic carbocycles.